The number of nitrogen functional groups attached to an aromatic ring is 1. The van der Waals surface area contributed by atoms with Gasteiger partial charge in [-0.05, 0) is 39.0 Å². The zero-order valence-electron chi connectivity index (χ0n) is 11.5. The molecule has 0 aliphatic rings. The molecule has 0 spiro atoms. The van der Waals surface area contributed by atoms with Crippen molar-refractivity contribution in [3.05, 3.63) is 23.9 Å². The molecule has 0 atom stereocenters. The summed E-state index contributed by atoms with van der Waals surface area (Å²) in [6.45, 7) is 6.98. The number of nitrogens with zero attached hydrogens (tertiary/aromatic N) is 1. The molecule has 0 radical (unpaired) electrons. The van der Waals surface area contributed by atoms with Gasteiger partial charge in [0.05, 0.1) is 24.3 Å². The second kappa shape index (κ2) is 5.75. The molecule has 102 valence electrons. The van der Waals surface area contributed by atoms with Gasteiger partial charge >= 0.3 is 0 Å². The largest absolute Gasteiger partial charge is 0.493 e. The lowest BCUT2D eigenvalue weighted by Gasteiger charge is -2.15. The standard InChI is InChI=1S/C14H19N3O2/c1-4-18-11-6-7-12(19-5-2)14-13(11)10(17-15)8-9(3)16-14/h6-8H,4-5,15H2,1-3H3,(H,16,17). The lowest BCUT2D eigenvalue weighted by atomic mass is 10.1. The van der Waals surface area contributed by atoms with Crippen LogP contribution in [0.3, 0.4) is 0 Å². The normalized spacial score (nSPS) is 10.5. The third kappa shape index (κ3) is 2.56. The van der Waals surface area contributed by atoms with Crippen LogP contribution in [0.15, 0.2) is 18.2 Å². The molecule has 1 aromatic heterocycles. The maximum absolute atomic E-state index is 5.64. The molecule has 0 fully saturated rings. The van der Waals surface area contributed by atoms with Crippen LogP contribution in [-0.2, 0) is 0 Å². The molecule has 0 aliphatic heterocycles. The van der Waals surface area contributed by atoms with Gasteiger partial charge in [0, 0.05) is 5.69 Å². The van der Waals surface area contributed by atoms with E-state index >= 15 is 0 Å². The molecule has 0 aliphatic carbocycles. The van der Waals surface area contributed by atoms with Crippen LogP contribution in [0.5, 0.6) is 11.5 Å². The van der Waals surface area contributed by atoms with Crippen molar-refractivity contribution in [2.45, 2.75) is 20.8 Å². The molecule has 3 N–H and O–H groups in total. The number of hydrogen-bond donors (Lipinski definition) is 2. The summed E-state index contributed by atoms with van der Waals surface area (Å²) in [4.78, 5) is 4.55. The molecular weight excluding hydrogens is 242 g/mol. The highest BCUT2D eigenvalue weighted by atomic mass is 16.5. The number of ether oxygens (including phenoxy) is 2. The van der Waals surface area contributed by atoms with E-state index in [1.165, 1.54) is 0 Å². The third-order valence-corrected chi connectivity index (χ3v) is 2.77. The van der Waals surface area contributed by atoms with Gasteiger partial charge in [0.15, 0.2) is 0 Å². The Kier molecular flexibility index (Phi) is 4.06. The number of nitrogens with one attached hydrogen (secondary N) is 1. The van der Waals surface area contributed by atoms with Gasteiger partial charge in [-0.3, -0.25) is 5.84 Å². The number of benzene rings is 1. The minimum Gasteiger partial charge on any atom is -0.493 e. The highest BCUT2D eigenvalue weighted by Gasteiger charge is 2.14. The number of rotatable bonds is 5. The number of aryl methyl sites for hydroxylation is 1. The van der Waals surface area contributed by atoms with Crippen molar-refractivity contribution >= 4 is 16.6 Å². The minimum atomic E-state index is 0.584. The van der Waals surface area contributed by atoms with E-state index in [1.807, 2.05) is 39.0 Å². The quantitative estimate of drug-likeness (QED) is 0.639. The fourth-order valence-corrected chi connectivity index (χ4v) is 2.08. The summed E-state index contributed by atoms with van der Waals surface area (Å²) in [6.07, 6.45) is 0. The SMILES string of the molecule is CCOc1ccc(OCC)c2c(NN)cc(C)nc12. The van der Waals surface area contributed by atoms with Gasteiger partial charge in [0.25, 0.3) is 0 Å². The predicted octanol–water partition coefficient (Wildman–Crippen LogP) is 2.63. The Morgan fingerprint density at radius 3 is 2.42 bits per heavy atom. The molecule has 0 saturated carbocycles. The van der Waals surface area contributed by atoms with Crippen molar-refractivity contribution in [3.8, 4) is 11.5 Å². The number of pyridine rings is 1. The van der Waals surface area contributed by atoms with Gasteiger partial charge in [-0.1, -0.05) is 0 Å². The lowest BCUT2D eigenvalue weighted by Crippen LogP contribution is -2.09. The van der Waals surface area contributed by atoms with Gasteiger partial charge in [0.2, 0.25) is 0 Å². The van der Waals surface area contributed by atoms with Crippen molar-refractivity contribution < 1.29 is 9.47 Å². The number of hydrazine groups is 1. The van der Waals surface area contributed by atoms with Crippen LogP contribution in [-0.4, -0.2) is 18.2 Å². The number of aromatic nitrogens is 1. The van der Waals surface area contributed by atoms with Crippen molar-refractivity contribution in [2.75, 3.05) is 18.6 Å². The van der Waals surface area contributed by atoms with Gasteiger partial charge in [-0.25, -0.2) is 4.98 Å². The van der Waals surface area contributed by atoms with E-state index in [1.54, 1.807) is 0 Å². The summed E-state index contributed by atoms with van der Waals surface area (Å²) in [7, 11) is 0. The van der Waals surface area contributed by atoms with E-state index in [0.29, 0.717) is 13.2 Å². The third-order valence-electron chi connectivity index (χ3n) is 2.77. The summed E-state index contributed by atoms with van der Waals surface area (Å²) in [6, 6.07) is 5.65. The van der Waals surface area contributed by atoms with Crippen LogP contribution >= 0.6 is 0 Å². The first-order valence-corrected chi connectivity index (χ1v) is 6.37. The molecule has 0 unspecified atom stereocenters. The van der Waals surface area contributed by atoms with E-state index in [9.17, 15) is 0 Å². The van der Waals surface area contributed by atoms with Crippen molar-refractivity contribution in [3.63, 3.8) is 0 Å². The average molecular weight is 261 g/mol. The molecule has 0 bridgehead atoms. The van der Waals surface area contributed by atoms with E-state index in [4.69, 9.17) is 15.3 Å². The molecule has 5 heteroatoms. The highest BCUT2D eigenvalue weighted by Crippen LogP contribution is 2.37. The molecule has 1 aromatic carbocycles. The van der Waals surface area contributed by atoms with Crippen LogP contribution in [0.25, 0.3) is 10.9 Å². The monoisotopic (exact) mass is 261 g/mol. The highest BCUT2D eigenvalue weighted by molar-refractivity contribution is 5.99. The summed E-state index contributed by atoms with van der Waals surface area (Å²) >= 11 is 0. The maximum Gasteiger partial charge on any atom is 0.145 e. The average Bonchev–Trinajstić information content (AvgIpc) is 2.41. The molecule has 2 rings (SSSR count). The summed E-state index contributed by atoms with van der Waals surface area (Å²) in [5.74, 6) is 7.09. The van der Waals surface area contributed by atoms with E-state index < -0.39 is 0 Å². The van der Waals surface area contributed by atoms with E-state index in [-0.39, 0.29) is 0 Å². The molecule has 0 amide bonds. The van der Waals surface area contributed by atoms with E-state index in [2.05, 4.69) is 10.4 Å². The minimum absolute atomic E-state index is 0.584. The topological polar surface area (TPSA) is 69.4 Å². The second-order valence-electron chi connectivity index (χ2n) is 4.11. The summed E-state index contributed by atoms with van der Waals surface area (Å²) in [5, 5.41) is 0.848. The molecular formula is C14H19N3O2. The Balaban J connectivity index is 2.75. The van der Waals surface area contributed by atoms with Gasteiger partial charge in [0.1, 0.15) is 17.0 Å². The number of hydrogen-bond acceptors (Lipinski definition) is 5. The molecule has 0 saturated heterocycles. The Hall–Kier alpha value is -2.01. The lowest BCUT2D eigenvalue weighted by molar-refractivity contribution is 0.336. The second-order valence-corrected chi connectivity index (χ2v) is 4.11. The first kappa shape index (κ1) is 13.4. The van der Waals surface area contributed by atoms with Crippen LogP contribution in [0.1, 0.15) is 19.5 Å². The molecule has 19 heavy (non-hydrogen) atoms. The Morgan fingerprint density at radius 1 is 1.16 bits per heavy atom. The smallest absolute Gasteiger partial charge is 0.145 e. The zero-order valence-corrected chi connectivity index (χ0v) is 11.5. The van der Waals surface area contributed by atoms with Crippen LogP contribution in [0, 0.1) is 6.92 Å². The molecule has 1 heterocycles. The summed E-state index contributed by atoms with van der Waals surface area (Å²) in [5.41, 5.74) is 5.12. The Morgan fingerprint density at radius 2 is 1.79 bits per heavy atom. The van der Waals surface area contributed by atoms with Gasteiger partial charge in [-0.15, -0.1) is 0 Å². The fraction of sp³-hybridized carbons (Fsp3) is 0.357. The zero-order chi connectivity index (χ0) is 13.8. The van der Waals surface area contributed by atoms with Crippen molar-refractivity contribution in [1.29, 1.82) is 0 Å². The van der Waals surface area contributed by atoms with Crippen LogP contribution < -0.4 is 20.7 Å². The maximum atomic E-state index is 5.64. The number of nitrogens with two attached hydrogens (primary N) is 1. The molecule has 2 aromatic rings. The predicted molar refractivity (Wildman–Crippen MR) is 76.6 cm³/mol. The molecule has 5 nitrogen and oxygen atoms in total. The summed E-state index contributed by atoms with van der Waals surface area (Å²) < 4.78 is 11.3. The number of fused-ring (bicyclic) bond motifs is 1. The van der Waals surface area contributed by atoms with Gasteiger partial charge in [-0.2, -0.15) is 0 Å². The van der Waals surface area contributed by atoms with Crippen LogP contribution in [0.4, 0.5) is 5.69 Å². The van der Waals surface area contributed by atoms with Crippen molar-refractivity contribution in [2.24, 2.45) is 5.84 Å². The Bertz CT molecular complexity index is 584. The number of anilines is 1. The van der Waals surface area contributed by atoms with Crippen molar-refractivity contribution in [1.82, 2.24) is 4.98 Å². The first-order valence-electron chi connectivity index (χ1n) is 6.37. The Labute approximate surface area is 112 Å². The van der Waals surface area contributed by atoms with Gasteiger partial charge < -0.3 is 14.9 Å². The van der Waals surface area contributed by atoms with Crippen LogP contribution in [0.2, 0.25) is 0 Å². The van der Waals surface area contributed by atoms with E-state index in [0.717, 1.165) is 33.8 Å². The fourth-order valence-electron chi connectivity index (χ4n) is 2.08. The first-order chi connectivity index (χ1) is 9.21.